The zero-order valence-corrected chi connectivity index (χ0v) is 11.6. The van der Waals surface area contributed by atoms with E-state index in [0.29, 0.717) is 10.2 Å². The van der Waals surface area contributed by atoms with Crippen LogP contribution in [0.1, 0.15) is 0 Å². The number of nitrogens with one attached hydrogen (secondary N) is 1. The quantitative estimate of drug-likeness (QED) is 0.905. The highest BCUT2D eigenvalue weighted by atomic mass is 79.9. The number of hydrogen-bond acceptors (Lipinski definition) is 4. The SMILES string of the molecule is Nc1cccnc1S(=O)(=O)Nc1ccccc1Br. The van der Waals surface area contributed by atoms with Crippen LogP contribution in [0, 0.1) is 0 Å². The Morgan fingerprint density at radius 3 is 2.56 bits per heavy atom. The molecule has 0 saturated carbocycles. The number of rotatable bonds is 3. The third-order valence-corrected chi connectivity index (χ3v) is 4.20. The van der Waals surface area contributed by atoms with Crippen LogP contribution in [-0.4, -0.2) is 13.4 Å². The minimum Gasteiger partial charge on any atom is -0.396 e. The lowest BCUT2D eigenvalue weighted by molar-refractivity contribution is 0.598. The van der Waals surface area contributed by atoms with E-state index in [2.05, 4.69) is 25.6 Å². The number of benzene rings is 1. The van der Waals surface area contributed by atoms with Crippen LogP contribution in [0.5, 0.6) is 0 Å². The molecule has 18 heavy (non-hydrogen) atoms. The highest BCUT2D eigenvalue weighted by Gasteiger charge is 2.19. The van der Waals surface area contributed by atoms with E-state index < -0.39 is 10.0 Å². The van der Waals surface area contributed by atoms with Crippen molar-refractivity contribution >= 4 is 37.3 Å². The molecule has 0 unspecified atom stereocenters. The van der Waals surface area contributed by atoms with Crippen LogP contribution >= 0.6 is 15.9 Å². The largest absolute Gasteiger partial charge is 0.396 e. The summed E-state index contributed by atoms with van der Waals surface area (Å²) in [4.78, 5) is 3.79. The topological polar surface area (TPSA) is 85.1 Å². The van der Waals surface area contributed by atoms with Crippen molar-refractivity contribution in [2.24, 2.45) is 0 Å². The second-order valence-corrected chi connectivity index (χ2v) is 5.94. The first-order valence-corrected chi connectivity index (χ1v) is 7.26. The average molecular weight is 328 g/mol. The normalized spacial score (nSPS) is 11.2. The van der Waals surface area contributed by atoms with Gasteiger partial charge < -0.3 is 5.73 Å². The first-order chi connectivity index (χ1) is 8.50. The number of anilines is 2. The lowest BCUT2D eigenvalue weighted by Crippen LogP contribution is -2.16. The molecule has 5 nitrogen and oxygen atoms in total. The highest BCUT2D eigenvalue weighted by Crippen LogP contribution is 2.25. The summed E-state index contributed by atoms with van der Waals surface area (Å²) in [5, 5.41) is -0.180. The van der Waals surface area contributed by atoms with Gasteiger partial charge in [-0.05, 0) is 40.2 Å². The Kier molecular flexibility index (Phi) is 3.53. The van der Waals surface area contributed by atoms with Crippen LogP contribution in [0.15, 0.2) is 52.1 Å². The van der Waals surface area contributed by atoms with E-state index in [1.165, 1.54) is 12.3 Å². The van der Waals surface area contributed by atoms with Crippen LogP contribution in [-0.2, 0) is 10.0 Å². The van der Waals surface area contributed by atoms with Gasteiger partial charge in [0.15, 0.2) is 5.03 Å². The van der Waals surface area contributed by atoms with Gasteiger partial charge in [0.25, 0.3) is 10.0 Å². The number of nitrogens with two attached hydrogens (primary N) is 1. The van der Waals surface area contributed by atoms with Crippen LogP contribution in [0.3, 0.4) is 0 Å². The number of halogens is 1. The van der Waals surface area contributed by atoms with Crippen molar-refractivity contribution in [3.8, 4) is 0 Å². The summed E-state index contributed by atoms with van der Waals surface area (Å²) in [7, 11) is -3.78. The van der Waals surface area contributed by atoms with E-state index >= 15 is 0 Å². The van der Waals surface area contributed by atoms with Gasteiger partial charge in [-0.15, -0.1) is 0 Å². The molecule has 94 valence electrons. The number of pyridine rings is 1. The molecule has 0 fully saturated rings. The van der Waals surface area contributed by atoms with Gasteiger partial charge in [0, 0.05) is 10.7 Å². The van der Waals surface area contributed by atoms with Crippen molar-refractivity contribution in [1.29, 1.82) is 0 Å². The summed E-state index contributed by atoms with van der Waals surface area (Å²) in [5.74, 6) is 0. The first-order valence-electron chi connectivity index (χ1n) is 4.98. The molecule has 0 aliphatic heterocycles. The van der Waals surface area contributed by atoms with Crippen molar-refractivity contribution in [1.82, 2.24) is 4.98 Å². The Morgan fingerprint density at radius 1 is 1.17 bits per heavy atom. The smallest absolute Gasteiger partial charge is 0.281 e. The maximum absolute atomic E-state index is 12.1. The second kappa shape index (κ2) is 4.95. The van der Waals surface area contributed by atoms with Gasteiger partial charge in [-0.3, -0.25) is 4.72 Å². The Labute approximate surface area is 113 Å². The van der Waals surface area contributed by atoms with Gasteiger partial charge >= 0.3 is 0 Å². The zero-order chi connectivity index (χ0) is 13.2. The van der Waals surface area contributed by atoms with Gasteiger partial charge in [0.2, 0.25) is 0 Å². The number of para-hydroxylation sites is 1. The number of hydrogen-bond donors (Lipinski definition) is 2. The summed E-state index contributed by atoms with van der Waals surface area (Å²) >= 11 is 3.26. The molecule has 0 spiro atoms. The number of nitrogens with zero attached hydrogens (tertiary/aromatic N) is 1. The molecule has 1 heterocycles. The molecule has 7 heteroatoms. The Balaban J connectivity index is 2.40. The van der Waals surface area contributed by atoms with E-state index in [-0.39, 0.29) is 10.7 Å². The predicted molar refractivity (Wildman–Crippen MR) is 73.6 cm³/mol. The van der Waals surface area contributed by atoms with Crippen LogP contribution < -0.4 is 10.5 Å². The van der Waals surface area contributed by atoms with E-state index in [1.807, 2.05) is 0 Å². The third kappa shape index (κ3) is 2.62. The maximum Gasteiger partial charge on any atom is 0.281 e. The van der Waals surface area contributed by atoms with Gasteiger partial charge in [0.05, 0.1) is 11.4 Å². The lowest BCUT2D eigenvalue weighted by atomic mass is 10.3. The van der Waals surface area contributed by atoms with Crippen molar-refractivity contribution in [2.75, 3.05) is 10.5 Å². The van der Waals surface area contributed by atoms with Crippen LogP contribution in [0.25, 0.3) is 0 Å². The highest BCUT2D eigenvalue weighted by molar-refractivity contribution is 9.10. The van der Waals surface area contributed by atoms with Gasteiger partial charge in [0.1, 0.15) is 0 Å². The van der Waals surface area contributed by atoms with Crippen LogP contribution in [0.2, 0.25) is 0 Å². The molecule has 1 aromatic heterocycles. The molecule has 2 aromatic rings. The number of nitrogen functional groups attached to an aromatic ring is 1. The molecular formula is C11H10BrN3O2S. The molecule has 3 N–H and O–H groups in total. The summed E-state index contributed by atoms with van der Waals surface area (Å²) in [6, 6.07) is 9.95. The Hall–Kier alpha value is -1.60. The van der Waals surface area contributed by atoms with E-state index in [0.717, 1.165) is 0 Å². The molecule has 0 aliphatic rings. The zero-order valence-electron chi connectivity index (χ0n) is 9.17. The van der Waals surface area contributed by atoms with Crippen molar-refractivity contribution in [2.45, 2.75) is 5.03 Å². The Morgan fingerprint density at radius 2 is 1.89 bits per heavy atom. The first kappa shape index (κ1) is 12.8. The van der Waals surface area contributed by atoms with Gasteiger partial charge in [-0.2, -0.15) is 8.42 Å². The molecule has 0 saturated heterocycles. The molecule has 0 bridgehead atoms. The standard InChI is InChI=1S/C11H10BrN3O2S/c12-8-4-1-2-6-10(8)15-18(16,17)11-9(13)5-3-7-14-11/h1-7,15H,13H2. The molecule has 0 aliphatic carbocycles. The maximum atomic E-state index is 12.1. The van der Waals surface area contributed by atoms with Crippen LogP contribution in [0.4, 0.5) is 11.4 Å². The fourth-order valence-electron chi connectivity index (χ4n) is 1.36. The van der Waals surface area contributed by atoms with E-state index in [9.17, 15) is 8.42 Å². The molecule has 0 atom stereocenters. The monoisotopic (exact) mass is 327 g/mol. The summed E-state index contributed by atoms with van der Waals surface area (Å²) < 4.78 is 27.3. The fourth-order valence-corrected chi connectivity index (χ4v) is 3.02. The lowest BCUT2D eigenvalue weighted by Gasteiger charge is -2.10. The third-order valence-electron chi connectivity index (χ3n) is 2.17. The second-order valence-electron chi connectivity index (χ2n) is 3.48. The van der Waals surface area contributed by atoms with E-state index in [1.54, 1.807) is 30.3 Å². The molecule has 2 rings (SSSR count). The number of sulfonamides is 1. The molecule has 0 amide bonds. The van der Waals surface area contributed by atoms with Crippen molar-refractivity contribution < 1.29 is 8.42 Å². The summed E-state index contributed by atoms with van der Waals surface area (Å²) in [6.45, 7) is 0. The van der Waals surface area contributed by atoms with E-state index in [4.69, 9.17) is 5.73 Å². The molecular weight excluding hydrogens is 318 g/mol. The minimum absolute atomic E-state index is 0.108. The molecule has 1 aromatic carbocycles. The summed E-state index contributed by atoms with van der Waals surface area (Å²) in [5.41, 5.74) is 6.15. The minimum atomic E-state index is -3.78. The van der Waals surface area contributed by atoms with Gasteiger partial charge in [-0.1, -0.05) is 12.1 Å². The fraction of sp³-hybridized carbons (Fsp3) is 0. The number of aromatic nitrogens is 1. The predicted octanol–water partition coefficient (Wildman–Crippen LogP) is 2.23. The Bertz CT molecular complexity index is 673. The van der Waals surface area contributed by atoms with Gasteiger partial charge in [-0.25, -0.2) is 4.98 Å². The van der Waals surface area contributed by atoms with Crippen molar-refractivity contribution in [3.05, 3.63) is 47.1 Å². The molecule has 0 radical (unpaired) electrons. The summed E-state index contributed by atoms with van der Waals surface area (Å²) in [6.07, 6.45) is 1.38. The van der Waals surface area contributed by atoms with Crippen molar-refractivity contribution in [3.63, 3.8) is 0 Å². The average Bonchev–Trinajstić information content (AvgIpc) is 2.32.